The average Bonchev–Trinajstić information content (AvgIpc) is 2.60. The van der Waals surface area contributed by atoms with Crippen LogP contribution in [0, 0.1) is 6.92 Å². The highest BCUT2D eigenvalue weighted by atomic mass is 16.4. The number of rotatable bonds is 3. The number of aryl methyl sites for hydroxylation is 1. The molecule has 82 valence electrons. The van der Waals surface area contributed by atoms with E-state index >= 15 is 0 Å². The van der Waals surface area contributed by atoms with E-state index in [1.807, 2.05) is 13.0 Å². The summed E-state index contributed by atoms with van der Waals surface area (Å²) >= 11 is 0. The second kappa shape index (κ2) is 4.63. The molecular weight excluding hydrogens is 196 g/mol. The second-order valence-electron chi connectivity index (χ2n) is 3.09. The first kappa shape index (κ1) is 11.3. The molecule has 0 saturated heterocycles. The zero-order chi connectivity index (χ0) is 11.4. The summed E-state index contributed by atoms with van der Waals surface area (Å²) in [6, 6.07) is 3.58. The van der Waals surface area contributed by atoms with Crippen LogP contribution < -0.4 is 0 Å². The van der Waals surface area contributed by atoms with Gasteiger partial charge in [0.2, 0.25) is 0 Å². The van der Waals surface area contributed by atoms with Gasteiger partial charge in [-0.3, -0.25) is 0 Å². The van der Waals surface area contributed by atoms with Crippen LogP contribution in [0.15, 0.2) is 21.7 Å². The molecule has 0 saturated carbocycles. The molecule has 0 aliphatic carbocycles. The Morgan fingerprint density at radius 3 is 2.67 bits per heavy atom. The normalized spacial score (nSPS) is 11.5. The third-order valence-electron chi connectivity index (χ3n) is 1.89. The van der Waals surface area contributed by atoms with E-state index in [1.54, 1.807) is 19.9 Å². The van der Waals surface area contributed by atoms with E-state index in [0.717, 1.165) is 10.8 Å². The van der Waals surface area contributed by atoms with Gasteiger partial charge in [-0.05, 0) is 32.9 Å². The number of carboxylic acid groups (broad SMARTS) is 1. The van der Waals surface area contributed by atoms with Crippen molar-refractivity contribution < 1.29 is 14.3 Å². The Bertz CT molecular complexity index is 382. The number of hydrogen-bond donors (Lipinski definition) is 1. The molecule has 5 nitrogen and oxygen atoms in total. The molecule has 0 unspecified atom stereocenters. The fourth-order valence-corrected chi connectivity index (χ4v) is 1.11. The maximum atomic E-state index is 10.7. The number of furan rings is 1. The Hall–Kier alpha value is -1.78. The molecule has 0 bridgehead atoms. The van der Waals surface area contributed by atoms with E-state index in [-0.39, 0.29) is 0 Å². The maximum Gasteiger partial charge on any atom is 0.427 e. The predicted molar refractivity (Wildman–Crippen MR) is 56.1 cm³/mol. The van der Waals surface area contributed by atoms with Crippen molar-refractivity contribution in [2.45, 2.75) is 20.8 Å². The zero-order valence-electron chi connectivity index (χ0n) is 9.02. The molecule has 15 heavy (non-hydrogen) atoms. The van der Waals surface area contributed by atoms with Gasteiger partial charge < -0.3 is 9.52 Å². The van der Waals surface area contributed by atoms with Crippen LogP contribution in [-0.2, 0) is 0 Å². The van der Waals surface area contributed by atoms with Crippen molar-refractivity contribution >= 4 is 11.8 Å². The van der Waals surface area contributed by atoms with Gasteiger partial charge in [0.1, 0.15) is 17.2 Å². The summed E-state index contributed by atoms with van der Waals surface area (Å²) in [5.41, 5.74) is 0.548. The Morgan fingerprint density at radius 1 is 1.60 bits per heavy atom. The van der Waals surface area contributed by atoms with Crippen molar-refractivity contribution in [1.29, 1.82) is 0 Å². The minimum absolute atomic E-state index is 0.312. The largest absolute Gasteiger partial charge is 0.464 e. The van der Waals surface area contributed by atoms with E-state index in [2.05, 4.69) is 5.10 Å². The van der Waals surface area contributed by atoms with Crippen molar-refractivity contribution in [1.82, 2.24) is 5.01 Å². The molecule has 0 fully saturated rings. The Labute approximate surface area is 88.0 Å². The molecule has 1 amide bonds. The zero-order valence-corrected chi connectivity index (χ0v) is 9.02. The summed E-state index contributed by atoms with van der Waals surface area (Å²) in [6.07, 6.45) is -1.07. The molecule has 1 heterocycles. The lowest BCUT2D eigenvalue weighted by molar-refractivity contribution is 0.149. The maximum absolute atomic E-state index is 10.7. The predicted octanol–water partition coefficient (Wildman–Crippen LogP) is 2.31. The highest BCUT2D eigenvalue weighted by Gasteiger charge is 2.10. The molecular formula is C10H14N2O3. The monoisotopic (exact) mass is 210 g/mol. The molecule has 0 radical (unpaired) electrons. The lowest BCUT2D eigenvalue weighted by Crippen LogP contribution is -2.24. The van der Waals surface area contributed by atoms with Crippen LogP contribution in [0.2, 0.25) is 0 Å². The van der Waals surface area contributed by atoms with Crippen molar-refractivity contribution in [2.75, 3.05) is 6.54 Å². The third-order valence-corrected chi connectivity index (χ3v) is 1.89. The molecule has 0 aliphatic heterocycles. The van der Waals surface area contributed by atoms with Gasteiger partial charge in [0, 0.05) is 6.54 Å². The van der Waals surface area contributed by atoms with Crippen LogP contribution in [0.3, 0.4) is 0 Å². The minimum atomic E-state index is -1.07. The van der Waals surface area contributed by atoms with Crippen LogP contribution >= 0.6 is 0 Å². The standard InChI is InChI=1S/C10H14N2O3/c1-4-12(10(13)14)11-8(3)9-6-5-7(2)15-9/h5-6H,4H2,1-3H3,(H,13,14). The Morgan fingerprint density at radius 2 is 2.27 bits per heavy atom. The second-order valence-corrected chi connectivity index (χ2v) is 3.09. The number of hydrogen-bond acceptors (Lipinski definition) is 3. The van der Waals surface area contributed by atoms with E-state index < -0.39 is 6.09 Å². The van der Waals surface area contributed by atoms with Crippen molar-refractivity contribution in [3.63, 3.8) is 0 Å². The highest BCUT2D eigenvalue weighted by molar-refractivity contribution is 5.96. The smallest absolute Gasteiger partial charge is 0.427 e. The lowest BCUT2D eigenvalue weighted by atomic mass is 10.3. The quantitative estimate of drug-likeness (QED) is 0.615. The molecule has 0 aromatic carbocycles. The molecule has 1 rings (SSSR count). The van der Waals surface area contributed by atoms with Crippen LogP contribution in [-0.4, -0.2) is 28.5 Å². The summed E-state index contributed by atoms with van der Waals surface area (Å²) in [5.74, 6) is 1.37. The van der Waals surface area contributed by atoms with Crippen LogP contribution in [0.1, 0.15) is 25.4 Å². The summed E-state index contributed by atoms with van der Waals surface area (Å²) in [5, 5.41) is 13.7. The fraction of sp³-hybridized carbons (Fsp3) is 0.400. The van der Waals surface area contributed by atoms with Crippen molar-refractivity contribution in [2.24, 2.45) is 5.10 Å². The van der Waals surface area contributed by atoms with Gasteiger partial charge in [-0.2, -0.15) is 10.1 Å². The number of nitrogens with zero attached hydrogens (tertiary/aromatic N) is 2. The summed E-state index contributed by atoms with van der Waals surface area (Å²) < 4.78 is 5.32. The van der Waals surface area contributed by atoms with Crippen molar-refractivity contribution in [3.8, 4) is 0 Å². The topological polar surface area (TPSA) is 66.0 Å². The number of hydrazone groups is 1. The average molecular weight is 210 g/mol. The highest BCUT2D eigenvalue weighted by Crippen LogP contribution is 2.08. The molecule has 1 N–H and O–H groups in total. The van der Waals surface area contributed by atoms with Crippen LogP contribution in [0.4, 0.5) is 4.79 Å². The van der Waals surface area contributed by atoms with Gasteiger partial charge in [-0.1, -0.05) is 0 Å². The van der Waals surface area contributed by atoms with E-state index in [0.29, 0.717) is 18.0 Å². The molecule has 0 aliphatic rings. The van der Waals surface area contributed by atoms with E-state index in [9.17, 15) is 4.79 Å². The SMILES string of the molecule is CCN(N=C(C)c1ccc(C)o1)C(=O)O. The van der Waals surface area contributed by atoms with Crippen LogP contribution in [0.5, 0.6) is 0 Å². The molecule has 0 atom stereocenters. The van der Waals surface area contributed by atoms with Gasteiger partial charge >= 0.3 is 6.09 Å². The lowest BCUT2D eigenvalue weighted by Gasteiger charge is -2.10. The summed E-state index contributed by atoms with van der Waals surface area (Å²) in [7, 11) is 0. The minimum Gasteiger partial charge on any atom is -0.464 e. The summed E-state index contributed by atoms with van der Waals surface area (Å²) in [4.78, 5) is 10.7. The van der Waals surface area contributed by atoms with Gasteiger partial charge in [0.05, 0.1) is 0 Å². The molecule has 0 spiro atoms. The van der Waals surface area contributed by atoms with E-state index in [1.165, 1.54) is 0 Å². The number of carbonyl (C=O) groups is 1. The van der Waals surface area contributed by atoms with Gasteiger partial charge in [-0.15, -0.1) is 0 Å². The van der Waals surface area contributed by atoms with Gasteiger partial charge in [0.15, 0.2) is 0 Å². The first-order chi connectivity index (χ1) is 7.04. The summed E-state index contributed by atoms with van der Waals surface area (Å²) in [6.45, 7) is 5.57. The third kappa shape index (κ3) is 2.83. The molecule has 1 aromatic rings. The first-order valence-electron chi connectivity index (χ1n) is 4.67. The van der Waals surface area contributed by atoms with Crippen LogP contribution in [0.25, 0.3) is 0 Å². The first-order valence-corrected chi connectivity index (χ1v) is 4.67. The van der Waals surface area contributed by atoms with Gasteiger partial charge in [-0.25, -0.2) is 4.79 Å². The Balaban J connectivity index is 2.87. The fourth-order valence-electron chi connectivity index (χ4n) is 1.11. The van der Waals surface area contributed by atoms with Crippen molar-refractivity contribution in [3.05, 3.63) is 23.7 Å². The van der Waals surface area contributed by atoms with E-state index in [4.69, 9.17) is 9.52 Å². The number of amides is 1. The van der Waals surface area contributed by atoms with Gasteiger partial charge in [0.25, 0.3) is 0 Å². The Kier molecular flexibility index (Phi) is 3.49. The molecule has 5 heteroatoms. The molecule has 1 aromatic heterocycles.